The molecule has 1 aliphatic rings. The second-order valence-corrected chi connectivity index (χ2v) is 9.59. The number of fused-ring (bicyclic) bond motifs is 1. The Bertz CT molecular complexity index is 1230. The SMILES string of the molecule is CCCN(Cc1c[nH]c[n+]1C)c1c2c(nn1C)N(c1c(C)cc(C)cc1Cl)CCC2.O=C(O)C(F)(F)F. The van der Waals surface area contributed by atoms with E-state index in [1.54, 1.807) is 0 Å². The summed E-state index contributed by atoms with van der Waals surface area (Å²) < 4.78 is 35.9. The molecule has 0 amide bonds. The second-order valence-electron chi connectivity index (χ2n) is 9.18. The number of carboxylic acids is 1. The number of aromatic amines is 1. The smallest absolute Gasteiger partial charge is 0.475 e. The summed E-state index contributed by atoms with van der Waals surface area (Å²) in [5.41, 5.74) is 6.06. The van der Waals surface area contributed by atoms with Gasteiger partial charge in [0.2, 0.25) is 6.33 Å². The first-order valence-electron chi connectivity index (χ1n) is 12.0. The third kappa shape index (κ3) is 6.38. The Balaban J connectivity index is 0.000000479. The summed E-state index contributed by atoms with van der Waals surface area (Å²) in [6.45, 7) is 9.24. The molecule has 4 rings (SSSR count). The highest BCUT2D eigenvalue weighted by Crippen LogP contribution is 2.42. The Morgan fingerprint density at radius 3 is 2.54 bits per heavy atom. The number of anilines is 3. The highest BCUT2D eigenvalue weighted by Gasteiger charge is 2.38. The molecule has 2 N–H and O–H groups in total. The van der Waals surface area contributed by atoms with Gasteiger partial charge in [-0.2, -0.15) is 18.3 Å². The van der Waals surface area contributed by atoms with Gasteiger partial charge in [0.15, 0.2) is 11.5 Å². The molecule has 2 aromatic heterocycles. The van der Waals surface area contributed by atoms with Gasteiger partial charge in [-0.15, -0.1) is 0 Å². The number of carboxylic acid groups (broad SMARTS) is 1. The van der Waals surface area contributed by atoms with Crippen molar-refractivity contribution in [2.24, 2.45) is 14.1 Å². The zero-order valence-corrected chi connectivity index (χ0v) is 22.4. The monoisotopic (exact) mass is 541 g/mol. The van der Waals surface area contributed by atoms with Gasteiger partial charge < -0.3 is 14.9 Å². The number of hydrogen-bond acceptors (Lipinski definition) is 4. The maximum absolute atomic E-state index is 10.6. The van der Waals surface area contributed by atoms with E-state index in [0.717, 1.165) is 55.4 Å². The first-order valence-corrected chi connectivity index (χ1v) is 12.4. The van der Waals surface area contributed by atoms with Gasteiger partial charge in [0, 0.05) is 25.7 Å². The standard InChI is InChI=1S/C23H31ClN6.C2HF3O2/c1-6-9-29(14-18-13-25-15-27(18)4)23-19-8-7-10-30(22(19)26-28(23)5)21-17(3)11-16(2)12-20(21)24;3-2(4,5)1(6)7/h11-13,15H,6-10,14H2,1-5H3;(H,6,7)/p+1. The molecule has 202 valence electrons. The lowest BCUT2D eigenvalue weighted by molar-refractivity contribution is -0.677. The normalized spacial score (nSPS) is 13.2. The van der Waals surface area contributed by atoms with E-state index in [1.807, 2.05) is 6.33 Å². The minimum Gasteiger partial charge on any atom is -0.475 e. The van der Waals surface area contributed by atoms with Crippen molar-refractivity contribution in [3.05, 3.63) is 52.1 Å². The molecule has 0 saturated carbocycles. The van der Waals surface area contributed by atoms with Crippen molar-refractivity contribution in [2.45, 2.75) is 52.8 Å². The number of aryl methyl sites for hydroxylation is 4. The largest absolute Gasteiger partial charge is 0.490 e. The molecule has 0 unspecified atom stereocenters. The number of H-pyrrole nitrogens is 1. The van der Waals surface area contributed by atoms with Crippen LogP contribution in [0.2, 0.25) is 5.02 Å². The van der Waals surface area contributed by atoms with E-state index >= 15 is 0 Å². The molecular formula is C25H33ClF3N6O2+. The van der Waals surface area contributed by atoms with Crippen molar-refractivity contribution in [2.75, 3.05) is 22.9 Å². The van der Waals surface area contributed by atoms with Crippen molar-refractivity contribution in [3.8, 4) is 0 Å². The van der Waals surface area contributed by atoms with Crippen LogP contribution in [0.5, 0.6) is 0 Å². The number of benzene rings is 1. The van der Waals surface area contributed by atoms with Crippen LogP contribution in [0, 0.1) is 13.8 Å². The number of carbonyl (C=O) groups is 1. The molecule has 0 bridgehead atoms. The van der Waals surface area contributed by atoms with Gasteiger partial charge in [0.1, 0.15) is 12.0 Å². The van der Waals surface area contributed by atoms with E-state index in [0.29, 0.717) is 0 Å². The van der Waals surface area contributed by atoms with Gasteiger partial charge in [-0.05, 0) is 50.3 Å². The molecule has 3 heterocycles. The van der Waals surface area contributed by atoms with Crippen LogP contribution in [0.1, 0.15) is 42.1 Å². The van der Waals surface area contributed by atoms with Crippen LogP contribution in [-0.4, -0.2) is 45.1 Å². The third-order valence-electron chi connectivity index (χ3n) is 6.18. The lowest BCUT2D eigenvalue weighted by atomic mass is 10.0. The summed E-state index contributed by atoms with van der Waals surface area (Å²) in [6.07, 6.45) is 2.19. The molecule has 1 aromatic carbocycles. The van der Waals surface area contributed by atoms with Crippen molar-refractivity contribution >= 4 is 34.9 Å². The minimum absolute atomic E-state index is 0.803. The van der Waals surface area contributed by atoms with Crippen molar-refractivity contribution in [3.63, 3.8) is 0 Å². The maximum Gasteiger partial charge on any atom is 0.490 e. The average molecular weight is 542 g/mol. The highest BCUT2D eigenvalue weighted by molar-refractivity contribution is 6.33. The quantitative estimate of drug-likeness (QED) is 0.430. The second kappa shape index (κ2) is 11.5. The fourth-order valence-electron chi connectivity index (χ4n) is 4.68. The molecule has 0 atom stereocenters. The first kappa shape index (κ1) is 28.4. The fourth-order valence-corrected chi connectivity index (χ4v) is 5.10. The number of imidazole rings is 1. The van der Waals surface area contributed by atoms with Crippen LogP contribution in [0.4, 0.5) is 30.5 Å². The molecule has 8 nitrogen and oxygen atoms in total. The van der Waals surface area contributed by atoms with E-state index in [1.165, 1.54) is 28.2 Å². The van der Waals surface area contributed by atoms with Crippen LogP contribution in [0.3, 0.4) is 0 Å². The predicted molar refractivity (Wildman–Crippen MR) is 136 cm³/mol. The first-order chi connectivity index (χ1) is 17.3. The van der Waals surface area contributed by atoms with Gasteiger partial charge >= 0.3 is 12.1 Å². The summed E-state index contributed by atoms with van der Waals surface area (Å²) in [4.78, 5) is 16.9. The lowest BCUT2D eigenvalue weighted by Gasteiger charge is -2.31. The lowest BCUT2D eigenvalue weighted by Crippen LogP contribution is -2.36. The Kier molecular flexibility index (Phi) is 8.78. The zero-order valence-electron chi connectivity index (χ0n) is 21.7. The molecular weight excluding hydrogens is 509 g/mol. The number of aromatic nitrogens is 4. The Labute approximate surface area is 219 Å². The van der Waals surface area contributed by atoms with Crippen LogP contribution in [-0.2, 0) is 31.9 Å². The molecule has 0 radical (unpaired) electrons. The Morgan fingerprint density at radius 1 is 1.32 bits per heavy atom. The number of aliphatic carboxylic acids is 1. The summed E-state index contributed by atoms with van der Waals surface area (Å²) in [7, 11) is 4.15. The molecule has 0 aliphatic carbocycles. The summed E-state index contributed by atoms with van der Waals surface area (Å²) in [5, 5.41) is 12.9. The van der Waals surface area contributed by atoms with E-state index < -0.39 is 12.1 Å². The molecule has 0 spiro atoms. The number of rotatable bonds is 6. The summed E-state index contributed by atoms with van der Waals surface area (Å²) in [6, 6.07) is 4.26. The van der Waals surface area contributed by atoms with Gasteiger partial charge in [0.05, 0.1) is 24.3 Å². The minimum atomic E-state index is -5.08. The molecule has 0 fully saturated rings. The Morgan fingerprint density at radius 2 is 2.00 bits per heavy atom. The number of nitrogens with one attached hydrogen (secondary N) is 1. The van der Waals surface area contributed by atoms with Crippen molar-refractivity contribution < 1.29 is 27.6 Å². The van der Waals surface area contributed by atoms with Crippen LogP contribution in [0.25, 0.3) is 0 Å². The maximum atomic E-state index is 10.6. The Hall–Kier alpha value is -3.21. The summed E-state index contributed by atoms with van der Waals surface area (Å²) >= 11 is 6.71. The number of hydrogen-bond donors (Lipinski definition) is 2. The third-order valence-corrected chi connectivity index (χ3v) is 6.47. The van der Waals surface area contributed by atoms with Gasteiger partial charge in [-0.3, -0.25) is 4.68 Å². The topological polar surface area (TPSA) is 81.3 Å². The molecule has 37 heavy (non-hydrogen) atoms. The number of halogens is 4. The van der Waals surface area contributed by atoms with Crippen molar-refractivity contribution in [1.82, 2.24) is 14.8 Å². The van der Waals surface area contributed by atoms with E-state index in [4.69, 9.17) is 26.6 Å². The van der Waals surface area contributed by atoms with E-state index in [2.05, 4.69) is 77.2 Å². The number of alkyl halides is 3. The van der Waals surface area contributed by atoms with Gasteiger partial charge in [-0.1, -0.05) is 24.6 Å². The van der Waals surface area contributed by atoms with Crippen molar-refractivity contribution in [1.29, 1.82) is 0 Å². The van der Waals surface area contributed by atoms with Crippen LogP contribution < -0.4 is 14.4 Å². The van der Waals surface area contributed by atoms with Gasteiger partial charge in [-0.25, -0.2) is 14.3 Å². The highest BCUT2D eigenvalue weighted by atomic mass is 35.5. The molecule has 1 aliphatic heterocycles. The zero-order chi connectivity index (χ0) is 27.5. The molecule has 12 heteroatoms. The van der Waals surface area contributed by atoms with E-state index in [-0.39, 0.29) is 0 Å². The van der Waals surface area contributed by atoms with Crippen LogP contribution in [0.15, 0.2) is 24.7 Å². The van der Waals surface area contributed by atoms with Crippen LogP contribution >= 0.6 is 11.6 Å². The molecule has 0 saturated heterocycles. The summed E-state index contributed by atoms with van der Waals surface area (Å²) in [5.74, 6) is -0.488. The average Bonchev–Trinajstić information content (AvgIpc) is 3.34. The predicted octanol–water partition coefficient (Wildman–Crippen LogP) is 4.98. The van der Waals surface area contributed by atoms with E-state index in [9.17, 15) is 13.2 Å². The fraction of sp³-hybridized carbons (Fsp3) is 0.480. The van der Waals surface area contributed by atoms with Gasteiger partial charge in [0.25, 0.3) is 0 Å². The number of nitrogens with zero attached hydrogens (tertiary/aromatic N) is 5. The molecule has 3 aromatic rings.